The molecule has 0 heterocycles. The van der Waals surface area contributed by atoms with E-state index in [2.05, 4.69) is 5.32 Å². The maximum Gasteiger partial charge on any atom is 0.317 e. The van der Waals surface area contributed by atoms with Gasteiger partial charge >= 0.3 is 5.97 Å². The van der Waals surface area contributed by atoms with Crippen LogP contribution < -0.4 is 5.32 Å². The summed E-state index contributed by atoms with van der Waals surface area (Å²) >= 11 is 5.23. The molecule has 0 aromatic carbocycles. The average molecular weight is 138 g/mol. The average Bonchev–Trinajstić information content (AvgIpc) is 1.66. The number of carboxylic acid groups (broad SMARTS) is 1. The first kappa shape index (κ1) is 7.72. The lowest BCUT2D eigenvalue weighted by Crippen LogP contribution is -2.23. The Morgan fingerprint density at radius 1 is 1.75 bits per heavy atom. The van der Waals surface area contributed by atoms with E-state index in [1.165, 1.54) is 0 Å². The number of carbonyl (C=O) groups is 1. The van der Waals surface area contributed by atoms with Crippen LogP contribution in [0.2, 0.25) is 0 Å². The molecular formula is C4H8ClNO2. The third-order valence-electron chi connectivity index (χ3n) is 0.547. The predicted octanol–water partition coefficient (Wildman–Crippen LogP) is -0.101. The van der Waals surface area contributed by atoms with E-state index in [4.69, 9.17) is 16.7 Å². The molecule has 8 heavy (non-hydrogen) atoms. The minimum Gasteiger partial charge on any atom is -0.480 e. The van der Waals surface area contributed by atoms with Crippen LogP contribution in [-0.2, 0) is 4.79 Å². The van der Waals surface area contributed by atoms with Crippen molar-refractivity contribution in [3.05, 3.63) is 0 Å². The zero-order valence-corrected chi connectivity index (χ0v) is 5.11. The highest BCUT2D eigenvalue weighted by Crippen LogP contribution is 1.68. The molecule has 3 nitrogen and oxygen atoms in total. The fraction of sp³-hybridized carbons (Fsp3) is 0.750. The fourth-order valence-corrected chi connectivity index (χ4v) is 0.396. The number of hydrogen-bond acceptors (Lipinski definition) is 2. The Morgan fingerprint density at radius 2 is 2.38 bits per heavy atom. The molecule has 0 aliphatic rings. The van der Waals surface area contributed by atoms with Crippen molar-refractivity contribution < 1.29 is 9.90 Å². The molecular weight excluding hydrogens is 130 g/mol. The van der Waals surface area contributed by atoms with Crippen molar-refractivity contribution in [2.75, 3.05) is 19.0 Å². The summed E-state index contributed by atoms with van der Waals surface area (Å²) in [6.45, 7) is 0.542. The molecule has 0 aliphatic heterocycles. The minimum absolute atomic E-state index is 0.00722. The van der Waals surface area contributed by atoms with E-state index < -0.39 is 5.97 Å². The number of halogens is 1. The van der Waals surface area contributed by atoms with Crippen LogP contribution in [0, 0.1) is 0 Å². The van der Waals surface area contributed by atoms with E-state index in [1.807, 2.05) is 0 Å². The number of aliphatic carboxylic acids is 1. The Bertz CT molecular complexity index is 76.4. The topological polar surface area (TPSA) is 49.3 Å². The summed E-state index contributed by atoms with van der Waals surface area (Å²) in [4.78, 5) is 9.77. The van der Waals surface area contributed by atoms with Crippen LogP contribution >= 0.6 is 11.6 Å². The van der Waals surface area contributed by atoms with Crippen molar-refractivity contribution in [1.82, 2.24) is 5.32 Å². The molecule has 0 atom stereocenters. The van der Waals surface area contributed by atoms with Crippen molar-refractivity contribution in [2.24, 2.45) is 0 Å². The third-order valence-corrected chi connectivity index (χ3v) is 0.736. The summed E-state index contributed by atoms with van der Waals surface area (Å²) in [5, 5.41) is 10.6. The van der Waals surface area contributed by atoms with Gasteiger partial charge in [0.15, 0.2) is 0 Å². The quantitative estimate of drug-likeness (QED) is 0.420. The second kappa shape index (κ2) is 4.87. The SMILES string of the molecule is O=C(O)CNCCCl. The van der Waals surface area contributed by atoms with Gasteiger partial charge in [-0.15, -0.1) is 11.6 Å². The summed E-state index contributed by atoms with van der Waals surface area (Å²) in [5.41, 5.74) is 0. The summed E-state index contributed by atoms with van der Waals surface area (Å²) in [5.74, 6) is -0.400. The van der Waals surface area contributed by atoms with Gasteiger partial charge in [-0.2, -0.15) is 0 Å². The first-order valence-electron chi connectivity index (χ1n) is 2.26. The van der Waals surface area contributed by atoms with Crippen molar-refractivity contribution in [3.8, 4) is 0 Å². The lowest BCUT2D eigenvalue weighted by molar-refractivity contribution is -0.135. The highest BCUT2D eigenvalue weighted by Gasteiger charge is 1.91. The lowest BCUT2D eigenvalue weighted by Gasteiger charge is -1.93. The van der Waals surface area contributed by atoms with E-state index in [9.17, 15) is 4.79 Å². The van der Waals surface area contributed by atoms with E-state index in [0.29, 0.717) is 12.4 Å². The van der Waals surface area contributed by atoms with Crippen molar-refractivity contribution in [3.63, 3.8) is 0 Å². The van der Waals surface area contributed by atoms with Crippen LogP contribution in [-0.4, -0.2) is 30.0 Å². The third kappa shape index (κ3) is 5.72. The van der Waals surface area contributed by atoms with E-state index in [0.717, 1.165) is 0 Å². The second-order valence-corrected chi connectivity index (χ2v) is 1.64. The second-order valence-electron chi connectivity index (χ2n) is 1.26. The Balaban J connectivity index is 2.82. The standard InChI is InChI=1S/C4H8ClNO2/c5-1-2-6-3-4(7)8/h6H,1-3H2,(H,7,8). The number of nitrogens with one attached hydrogen (secondary N) is 1. The molecule has 4 heteroatoms. The van der Waals surface area contributed by atoms with E-state index in [1.54, 1.807) is 0 Å². The van der Waals surface area contributed by atoms with Gasteiger partial charge in [-0.3, -0.25) is 4.79 Å². The van der Waals surface area contributed by atoms with Crippen molar-refractivity contribution in [1.29, 1.82) is 0 Å². The van der Waals surface area contributed by atoms with Crippen LogP contribution in [0.3, 0.4) is 0 Å². The number of carboxylic acids is 1. The van der Waals surface area contributed by atoms with Crippen LogP contribution in [0.15, 0.2) is 0 Å². The molecule has 0 aromatic rings. The molecule has 0 fully saturated rings. The van der Waals surface area contributed by atoms with Gasteiger partial charge < -0.3 is 10.4 Å². The smallest absolute Gasteiger partial charge is 0.317 e. The van der Waals surface area contributed by atoms with Crippen LogP contribution in [0.1, 0.15) is 0 Å². The van der Waals surface area contributed by atoms with Crippen molar-refractivity contribution >= 4 is 17.6 Å². The molecule has 0 spiro atoms. The van der Waals surface area contributed by atoms with Crippen LogP contribution in [0.4, 0.5) is 0 Å². The highest BCUT2D eigenvalue weighted by atomic mass is 35.5. The van der Waals surface area contributed by atoms with Gasteiger partial charge in [0, 0.05) is 12.4 Å². The van der Waals surface area contributed by atoms with Gasteiger partial charge in [0.2, 0.25) is 0 Å². The minimum atomic E-state index is -0.852. The first-order valence-corrected chi connectivity index (χ1v) is 2.79. The molecule has 2 N–H and O–H groups in total. The van der Waals surface area contributed by atoms with Gasteiger partial charge in [-0.05, 0) is 0 Å². The molecule has 0 bridgehead atoms. The fourth-order valence-electron chi connectivity index (χ4n) is 0.262. The summed E-state index contributed by atoms with van der Waals surface area (Å²) in [7, 11) is 0. The van der Waals surface area contributed by atoms with Crippen molar-refractivity contribution in [2.45, 2.75) is 0 Å². The molecule has 0 unspecified atom stereocenters. The number of alkyl halides is 1. The number of hydrogen-bond donors (Lipinski definition) is 2. The maximum absolute atomic E-state index is 9.77. The molecule has 0 rings (SSSR count). The molecule has 0 radical (unpaired) electrons. The lowest BCUT2D eigenvalue weighted by atomic mass is 10.6. The van der Waals surface area contributed by atoms with Gasteiger partial charge in [-0.25, -0.2) is 0 Å². The summed E-state index contributed by atoms with van der Waals surface area (Å²) in [6, 6.07) is 0. The molecule has 48 valence electrons. The zero-order chi connectivity index (χ0) is 6.41. The normalized spacial score (nSPS) is 9.12. The van der Waals surface area contributed by atoms with Crippen LogP contribution in [0.25, 0.3) is 0 Å². The highest BCUT2D eigenvalue weighted by molar-refractivity contribution is 6.18. The molecule has 0 aliphatic carbocycles. The summed E-state index contributed by atoms with van der Waals surface area (Å²) in [6.07, 6.45) is 0. The van der Waals surface area contributed by atoms with Gasteiger partial charge in [0.05, 0.1) is 6.54 Å². The molecule has 0 amide bonds. The Morgan fingerprint density at radius 3 is 2.75 bits per heavy atom. The zero-order valence-electron chi connectivity index (χ0n) is 4.35. The van der Waals surface area contributed by atoms with Gasteiger partial charge in [0.25, 0.3) is 0 Å². The largest absolute Gasteiger partial charge is 0.480 e. The number of rotatable bonds is 4. The summed E-state index contributed by atoms with van der Waals surface area (Å²) < 4.78 is 0. The van der Waals surface area contributed by atoms with E-state index in [-0.39, 0.29) is 6.54 Å². The molecule has 0 aromatic heterocycles. The Hall–Kier alpha value is -0.280. The van der Waals surface area contributed by atoms with Gasteiger partial charge in [0.1, 0.15) is 0 Å². The Labute approximate surface area is 52.6 Å². The van der Waals surface area contributed by atoms with E-state index >= 15 is 0 Å². The van der Waals surface area contributed by atoms with Gasteiger partial charge in [-0.1, -0.05) is 0 Å². The predicted molar refractivity (Wildman–Crippen MR) is 31.2 cm³/mol. The Kier molecular flexibility index (Phi) is 4.70. The molecule has 0 saturated heterocycles. The maximum atomic E-state index is 9.77. The molecule has 0 saturated carbocycles. The monoisotopic (exact) mass is 137 g/mol. The first-order chi connectivity index (χ1) is 3.77. The van der Waals surface area contributed by atoms with Crippen LogP contribution in [0.5, 0.6) is 0 Å².